The summed E-state index contributed by atoms with van der Waals surface area (Å²) in [4.78, 5) is 9.66. The molecule has 0 aromatic carbocycles. The van der Waals surface area contributed by atoms with Crippen molar-refractivity contribution >= 4 is 0 Å². The number of nitroso groups, excluding NO2 is 1. The van der Waals surface area contributed by atoms with Crippen molar-refractivity contribution in [1.82, 2.24) is 5.01 Å². The largest absolute Gasteiger partial charge is 0.258 e. The average Bonchev–Trinajstić information content (AvgIpc) is 2.14. The van der Waals surface area contributed by atoms with Crippen molar-refractivity contribution < 1.29 is 4.39 Å². The van der Waals surface area contributed by atoms with Crippen LogP contribution < -0.4 is 0 Å². The van der Waals surface area contributed by atoms with Gasteiger partial charge in [-0.1, -0.05) is 0 Å². The fourth-order valence-electron chi connectivity index (χ4n) is 0.775. The number of hydrogen-bond acceptors (Lipinski definition) is 2. The maximum Gasteiger partial charge on any atom is 0.121 e. The summed E-state index contributed by atoms with van der Waals surface area (Å²) >= 11 is 0. The lowest BCUT2D eigenvalue weighted by molar-refractivity contribution is 0.295. The van der Waals surface area contributed by atoms with Gasteiger partial charge in [0.1, 0.15) is 6.17 Å². The Morgan fingerprint density at radius 1 is 1.75 bits per heavy atom. The summed E-state index contributed by atoms with van der Waals surface area (Å²) in [7, 11) is 0. The predicted molar refractivity (Wildman–Crippen MR) is 26.9 cm³/mol. The Morgan fingerprint density at radius 3 is 2.75 bits per heavy atom. The van der Waals surface area contributed by atoms with Crippen LogP contribution in [0, 0.1) is 4.91 Å². The van der Waals surface area contributed by atoms with E-state index in [-0.39, 0.29) is 6.54 Å². The molecule has 8 heavy (non-hydrogen) atoms. The first-order valence-corrected chi connectivity index (χ1v) is 2.55. The third kappa shape index (κ3) is 0.936. The van der Waals surface area contributed by atoms with E-state index >= 15 is 0 Å². The molecule has 4 heteroatoms. The van der Waals surface area contributed by atoms with E-state index in [4.69, 9.17) is 0 Å². The van der Waals surface area contributed by atoms with Crippen molar-refractivity contribution in [3.8, 4) is 0 Å². The Labute approximate surface area is 46.4 Å². The summed E-state index contributed by atoms with van der Waals surface area (Å²) < 4.78 is 12.1. The normalized spacial score (nSPS) is 28.6. The second-order valence-electron chi connectivity index (χ2n) is 1.88. The standard InChI is InChI=1S/C4H7FN2O/c5-4-1-2-7(3-4)6-8/h4H,1-3H2. The molecule has 0 bridgehead atoms. The lowest BCUT2D eigenvalue weighted by atomic mass is 10.4. The summed E-state index contributed by atoms with van der Waals surface area (Å²) in [5, 5.41) is 3.78. The average molecular weight is 118 g/mol. The van der Waals surface area contributed by atoms with Gasteiger partial charge in [-0.15, -0.1) is 4.91 Å². The topological polar surface area (TPSA) is 32.7 Å². The van der Waals surface area contributed by atoms with Crippen molar-refractivity contribution in [2.75, 3.05) is 13.1 Å². The minimum absolute atomic E-state index is 0.184. The van der Waals surface area contributed by atoms with Crippen molar-refractivity contribution in [2.24, 2.45) is 5.29 Å². The first-order valence-electron chi connectivity index (χ1n) is 2.55. The maximum atomic E-state index is 12.1. The number of halogens is 1. The van der Waals surface area contributed by atoms with Crippen LogP contribution >= 0.6 is 0 Å². The van der Waals surface area contributed by atoms with E-state index in [1.807, 2.05) is 0 Å². The lowest BCUT2D eigenvalue weighted by Crippen LogP contribution is -2.12. The van der Waals surface area contributed by atoms with Crippen LogP contribution in [0.4, 0.5) is 4.39 Å². The van der Waals surface area contributed by atoms with Crippen LogP contribution in [0.5, 0.6) is 0 Å². The third-order valence-corrected chi connectivity index (χ3v) is 1.22. The molecule has 1 fully saturated rings. The Balaban J connectivity index is 2.32. The van der Waals surface area contributed by atoms with Gasteiger partial charge in [0.2, 0.25) is 0 Å². The molecule has 1 saturated heterocycles. The van der Waals surface area contributed by atoms with E-state index < -0.39 is 6.17 Å². The molecular weight excluding hydrogens is 111 g/mol. The van der Waals surface area contributed by atoms with E-state index in [1.165, 1.54) is 5.01 Å². The van der Waals surface area contributed by atoms with E-state index in [9.17, 15) is 9.30 Å². The lowest BCUT2D eigenvalue weighted by Gasteiger charge is -2.00. The van der Waals surface area contributed by atoms with Gasteiger partial charge in [0, 0.05) is 6.54 Å². The number of hydrogen-bond donors (Lipinski definition) is 0. The number of alkyl halides is 1. The molecule has 0 aromatic heterocycles. The minimum Gasteiger partial charge on any atom is -0.258 e. The molecule has 1 heterocycles. The van der Waals surface area contributed by atoms with Crippen LogP contribution in [0.2, 0.25) is 0 Å². The van der Waals surface area contributed by atoms with E-state index in [0.717, 1.165) is 0 Å². The predicted octanol–water partition coefficient (Wildman–Crippen LogP) is 0.712. The highest BCUT2D eigenvalue weighted by atomic mass is 19.1. The van der Waals surface area contributed by atoms with Gasteiger partial charge in [-0.3, -0.25) is 5.01 Å². The van der Waals surface area contributed by atoms with Gasteiger partial charge < -0.3 is 0 Å². The maximum absolute atomic E-state index is 12.1. The van der Waals surface area contributed by atoms with Gasteiger partial charge in [0.05, 0.1) is 11.8 Å². The zero-order chi connectivity index (χ0) is 5.98. The molecule has 0 radical (unpaired) electrons. The highest BCUT2D eigenvalue weighted by Crippen LogP contribution is 2.11. The smallest absolute Gasteiger partial charge is 0.121 e. The molecule has 0 saturated carbocycles. The highest BCUT2D eigenvalue weighted by molar-refractivity contribution is 4.70. The monoisotopic (exact) mass is 118 g/mol. The molecule has 0 aromatic rings. The quantitative estimate of drug-likeness (QED) is 0.475. The van der Waals surface area contributed by atoms with Gasteiger partial charge >= 0.3 is 0 Å². The molecule has 1 aliphatic heterocycles. The summed E-state index contributed by atoms with van der Waals surface area (Å²) in [6.45, 7) is 0.661. The molecular formula is C4H7FN2O. The van der Waals surface area contributed by atoms with Crippen LogP contribution in [0.15, 0.2) is 5.29 Å². The highest BCUT2D eigenvalue weighted by Gasteiger charge is 2.20. The summed E-state index contributed by atoms with van der Waals surface area (Å²) in [6, 6.07) is 0. The molecule has 46 valence electrons. The molecule has 0 aliphatic carbocycles. The molecule has 0 N–H and O–H groups in total. The van der Waals surface area contributed by atoms with Gasteiger partial charge in [-0.05, 0) is 6.42 Å². The Kier molecular flexibility index (Phi) is 1.41. The Morgan fingerprint density at radius 2 is 2.50 bits per heavy atom. The van der Waals surface area contributed by atoms with Crippen molar-refractivity contribution in [3.63, 3.8) is 0 Å². The van der Waals surface area contributed by atoms with Crippen LogP contribution in [0.25, 0.3) is 0 Å². The first-order chi connectivity index (χ1) is 3.83. The second-order valence-corrected chi connectivity index (χ2v) is 1.88. The Bertz CT molecular complexity index is 98.0. The first kappa shape index (κ1) is 5.47. The summed E-state index contributed by atoms with van der Waals surface area (Å²) in [6.07, 6.45) is -0.390. The molecule has 1 unspecified atom stereocenters. The molecule has 1 atom stereocenters. The van der Waals surface area contributed by atoms with E-state index in [0.29, 0.717) is 13.0 Å². The van der Waals surface area contributed by atoms with Gasteiger partial charge in [-0.25, -0.2) is 4.39 Å². The SMILES string of the molecule is O=NN1CCC(F)C1. The number of nitrogens with zero attached hydrogens (tertiary/aromatic N) is 2. The van der Waals surface area contributed by atoms with E-state index in [2.05, 4.69) is 5.29 Å². The minimum atomic E-state index is -0.840. The van der Waals surface area contributed by atoms with Crippen LogP contribution in [0.1, 0.15) is 6.42 Å². The van der Waals surface area contributed by atoms with Crippen LogP contribution in [-0.2, 0) is 0 Å². The zero-order valence-corrected chi connectivity index (χ0v) is 4.38. The fraction of sp³-hybridized carbons (Fsp3) is 1.00. The third-order valence-electron chi connectivity index (χ3n) is 1.22. The zero-order valence-electron chi connectivity index (χ0n) is 4.38. The second kappa shape index (κ2) is 2.07. The van der Waals surface area contributed by atoms with Gasteiger partial charge in [0.15, 0.2) is 0 Å². The fourth-order valence-corrected chi connectivity index (χ4v) is 0.775. The van der Waals surface area contributed by atoms with Gasteiger partial charge in [0.25, 0.3) is 0 Å². The van der Waals surface area contributed by atoms with E-state index in [1.54, 1.807) is 0 Å². The van der Waals surface area contributed by atoms with Gasteiger partial charge in [-0.2, -0.15) is 0 Å². The molecule has 1 aliphatic rings. The van der Waals surface area contributed by atoms with Crippen molar-refractivity contribution in [3.05, 3.63) is 4.91 Å². The van der Waals surface area contributed by atoms with Crippen LogP contribution in [0.3, 0.4) is 0 Å². The molecule has 1 rings (SSSR count). The number of rotatable bonds is 1. The summed E-state index contributed by atoms with van der Waals surface area (Å²) in [5.74, 6) is 0. The van der Waals surface area contributed by atoms with Crippen molar-refractivity contribution in [2.45, 2.75) is 12.6 Å². The summed E-state index contributed by atoms with van der Waals surface area (Å²) in [5.41, 5.74) is 0. The molecule has 3 nitrogen and oxygen atoms in total. The van der Waals surface area contributed by atoms with Crippen molar-refractivity contribution in [1.29, 1.82) is 0 Å². The Hall–Kier alpha value is -0.670. The molecule has 0 amide bonds. The van der Waals surface area contributed by atoms with Crippen LogP contribution in [-0.4, -0.2) is 24.3 Å². The molecule has 0 spiro atoms.